The van der Waals surface area contributed by atoms with Gasteiger partial charge in [-0.15, -0.1) is 0 Å². The predicted octanol–water partition coefficient (Wildman–Crippen LogP) is 3.67. The number of benzene rings is 2. The summed E-state index contributed by atoms with van der Waals surface area (Å²) in [4.78, 5) is 43.7. The SMILES string of the molecule is O=C1Cn2c(C(=O)NCc3ccon3)nc(NC(=O)c3nsc4ccccc34)c2C(c2cc(F)ccc2Cl)N1. The van der Waals surface area contributed by atoms with E-state index in [4.69, 9.17) is 16.1 Å². The Hall–Kier alpha value is -4.62. The van der Waals surface area contributed by atoms with Crippen LogP contribution in [-0.2, 0) is 17.9 Å². The topological polar surface area (TPSA) is 144 Å². The Labute approximate surface area is 228 Å². The largest absolute Gasteiger partial charge is 0.364 e. The molecule has 1 aliphatic heterocycles. The van der Waals surface area contributed by atoms with Crippen molar-refractivity contribution in [2.75, 3.05) is 5.32 Å². The molecule has 4 heterocycles. The molecule has 2 aromatic carbocycles. The first-order valence-corrected chi connectivity index (χ1v) is 12.7. The van der Waals surface area contributed by atoms with Gasteiger partial charge in [0.2, 0.25) is 11.7 Å². The summed E-state index contributed by atoms with van der Waals surface area (Å²) in [6.07, 6.45) is 1.37. The van der Waals surface area contributed by atoms with Crippen molar-refractivity contribution in [2.24, 2.45) is 0 Å². The summed E-state index contributed by atoms with van der Waals surface area (Å²) in [5, 5.41) is 12.8. The number of carbonyl (C=O) groups is 3. The van der Waals surface area contributed by atoms with Gasteiger partial charge >= 0.3 is 0 Å². The van der Waals surface area contributed by atoms with Gasteiger partial charge in [0.05, 0.1) is 23.0 Å². The van der Waals surface area contributed by atoms with E-state index in [0.717, 1.165) is 4.70 Å². The maximum atomic E-state index is 14.2. The highest BCUT2D eigenvalue weighted by molar-refractivity contribution is 7.13. The molecule has 1 unspecified atom stereocenters. The smallest absolute Gasteiger partial charge is 0.287 e. The molecule has 1 atom stereocenters. The van der Waals surface area contributed by atoms with Crippen LogP contribution < -0.4 is 16.0 Å². The zero-order valence-electron chi connectivity index (χ0n) is 19.8. The highest BCUT2D eigenvalue weighted by atomic mass is 35.5. The number of hydrogen-bond acceptors (Lipinski definition) is 8. The van der Waals surface area contributed by atoms with Crippen LogP contribution in [0.2, 0.25) is 5.02 Å². The van der Waals surface area contributed by atoms with Crippen molar-refractivity contribution in [1.29, 1.82) is 0 Å². The van der Waals surface area contributed by atoms with E-state index in [1.165, 1.54) is 40.6 Å². The molecule has 0 saturated heterocycles. The maximum Gasteiger partial charge on any atom is 0.287 e. The lowest BCUT2D eigenvalue weighted by molar-refractivity contribution is -0.123. The third-order valence-corrected chi connectivity index (χ3v) is 7.28. The number of nitrogens with zero attached hydrogens (tertiary/aromatic N) is 4. The average molecular weight is 566 g/mol. The molecule has 0 aliphatic carbocycles. The first-order valence-electron chi connectivity index (χ1n) is 11.6. The third kappa shape index (κ3) is 4.62. The van der Waals surface area contributed by atoms with Crippen molar-refractivity contribution in [3.05, 3.63) is 94.1 Å². The van der Waals surface area contributed by atoms with Gasteiger partial charge in [0.1, 0.15) is 30.0 Å². The van der Waals surface area contributed by atoms with Crippen LogP contribution in [0.15, 0.2) is 59.3 Å². The van der Waals surface area contributed by atoms with Gasteiger partial charge in [-0.2, -0.15) is 4.37 Å². The molecular weight excluding hydrogens is 549 g/mol. The highest BCUT2D eigenvalue weighted by Crippen LogP contribution is 2.36. The van der Waals surface area contributed by atoms with E-state index < -0.39 is 29.6 Å². The van der Waals surface area contributed by atoms with E-state index in [9.17, 15) is 18.8 Å². The number of rotatable bonds is 6. The summed E-state index contributed by atoms with van der Waals surface area (Å²) in [5.41, 5.74) is 1.13. The Morgan fingerprint density at radius 2 is 2.05 bits per heavy atom. The minimum Gasteiger partial charge on any atom is -0.364 e. The molecule has 14 heteroatoms. The van der Waals surface area contributed by atoms with Gasteiger partial charge in [0, 0.05) is 22.0 Å². The van der Waals surface area contributed by atoms with E-state index in [2.05, 4.69) is 30.5 Å². The normalized spacial score (nSPS) is 14.6. The van der Waals surface area contributed by atoms with Crippen molar-refractivity contribution in [2.45, 2.75) is 19.1 Å². The Kier molecular flexibility index (Phi) is 6.29. The van der Waals surface area contributed by atoms with Crippen molar-refractivity contribution >= 4 is 56.8 Å². The second kappa shape index (κ2) is 9.93. The van der Waals surface area contributed by atoms with Gasteiger partial charge in [-0.3, -0.25) is 14.4 Å². The standard InChI is InChI=1S/C25H17ClFN7O4S/c26-16-6-5-12(27)9-15(16)19-21-22(31-24(36)20-14-3-1-2-4-17(14)39-33-20)30-23(34(21)11-18(35)29-19)25(37)28-10-13-7-8-38-32-13/h1-9,19H,10-11H2,(H,28,37)(H,29,35)(H,31,36). The molecule has 0 bridgehead atoms. The molecule has 3 amide bonds. The van der Waals surface area contributed by atoms with Crippen molar-refractivity contribution in [1.82, 2.24) is 29.7 Å². The molecular formula is C25H17ClFN7O4S. The third-order valence-electron chi connectivity index (χ3n) is 6.11. The van der Waals surface area contributed by atoms with Crippen LogP contribution in [-0.4, -0.2) is 36.8 Å². The van der Waals surface area contributed by atoms with E-state index in [0.29, 0.717) is 11.1 Å². The van der Waals surface area contributed by atoms with Crippen LogP contribution in [0.3, 0.4) is 0 Å². The number of nitrogens with one attached hydrogen (secondary N) is 3. The Morgan fingerprint density at radius 1 is 1.21 bits per heavy atom. The zero-order valence-corrected chi connectivity index (χ0v) is 21.3. The molecule has 0 spiro atoms. The van der Waals surface area contributed by atoms with Crippen molar-refractivity contribution in [3.63, 3.8) is 0 Å². The van der Waals surface area contributed by atoms with Gasteiger partial charge in [-0.1, -0.05) is 35.0 Å². The number of hydrogen-bond donors (Lipinski definition) is 3. The Bertz CT molecular complexity index is 1750. The molecule has 0 radical (unpaired) electrons. The second-order valence-electron chi connectivity index (χ2n) is 8.58. The maximum absolute atomic E-state index is 14.2. The molecule has 5 aromatic rings. The zero-order chi connectivity index (χ0) is 27.1. The summed E-state index contributed by atoms with van der Waals surface area (Å²) < 4.78 is 25.5. The number of amides is 3. The molecule has 3 N–H and O–H groups in total. The van der Waals surface area contributed by atoms with Crippen molar-refractivity contribution in [3.8, 4) is 0 Å². The lowest BCUT2D eigenvalue weighted by atomic mass is 10.0. The highest BCUT2D eigenvalue weighted by Gasteiger charge is 2.36. The van der Waals surface area contributed by atoms with Crippen molar-refractivity contribution < 1.29 is 23.3 Å². The van der Waals surface area contributed by atoms with E-state index in [1.807, 2.05) is 12.1 Å². The number of anilines is 1. The number of carbonyl (C=O) groups excluding carboxylic acids is 3. The quantitative estimate of drug-likeness (QED) is 0.285. The number of aromatic nitrogens is 4. The minimum atomic E-state index is -1.01. The molecule has 11 nitrogen and oxygen atoms in total. The fraction of sp³-hybridized carbons (Fsp3) is 0.120. The summed E-state index contributed by atoms with van der Waals surface area (Å²) in [6.45, 7) is -0.233. The van der Waals surface area contributed by atoms with Crippen LogP contribution in [0.5, 0.6) is 0 Å². The fourth-order valence-electron chi connectivity index (χ4n) is 4.36. The van der Waals surface area contributed by atoms with E-state index in [-0.39, 0.29) is 46.7 Å². The molecule has 1 aliphatic rings. The van der Waals surface area contributed by atoms with Crippen LogP contribution in [0.25, 0.3) is 10.1 Å². The lowest BCUT2D eigenvalue weighted by Crippen LogP contribution is -2.41. The first-order chi connectivity index (χ1) is 18.9. The monoisotopic (exact) mass is 565 g/mol. The van der Waals surface area contributed by atoms with Gasteiger partial charge < -0.3 is 25.0 Å². The van der Waals surface area contributed by atoms with Gasteiger partial charge in [0.15, 0.2) is 5.82 Å². The predicted molar refractivity (Wildman–Crippen MR) is 139 cm³/mol. The lowest BCUT2D eigenvalue weighted by Gasteiger charge is -2.28. The molecule has 39 heavy (non-hydrogen) atoms. The molecule has 0 saturated carbocycles. The van der Waals surface area contributed by atoms with Gasteiger partial charge in [0.25, 0.3) is 11.8 Å². The summed E-state index contributed by atoms with van der Waals surface area (Å²) in [6, 6.07) is 11.5. The van der Waals surface area contributed by atoms with E-state index in [1.54, 1.807) is 18.2 Å². The second-order valence-corrected chi connectivity index (χ2v) is 9.79. The minimum absolute atomic E-state index is 0.00556. The molecule has 6 rings (SSSR count). The number of fused-ring (bicyclic) bond motifs is 2. The van der Waals surface area contributed by atoms with Crippen LogP contribution in [0, 0.1) is 5.82 Å². The summed E-state index contributed by atoms with van der Waals surface area (Å²) in [5.74, 6) is -2.38. The van der Waals surface area contributed by atoms with Crippen LogP contribution in [0.4, 0.5) is 10.2 Å². The Balaban J connectivity index is 1.43. The fourth-order valence-corrected chi connectivity index (χ4v) is 5.36. The molecule has 196 valence electrons. The molecule has 0 fully saturated rings. The summed E-state index contributed by atoms with van der Waals surface area (Å²) in [7, 11) is 0. The molecule has 3 aromatic heterocycles. The summed E-state index contributed by atoms with van der Waals surface area (Å²) >= 11 is 7.55. The van der Waals surface area contributed by atoms with E-state index >= 15 is 0 Å². The first kappa shape index (κ1) is 24.7. The van der Waals surface area contributed by atoms with Gasteiger partial charge in [-0.25, -0.2) is 9.37 Å². The Morgan fingerprint density at radius 3 is 2.87 bits per heavy atom. The average Bonchev–Trinajstić information content (AvgIpc) is 3.67. The van der Waals surface area contributed by atoms with Crippen LogP contribution >= 0.6 is 23.1 Å². The number of imidazole rings is 1. The number of halogens is 2. The van der Waals surface area contributed by atoms with Gasteiger partial charge in [-0.05, 0) is 35.8 Å². The van der Waals surface area contributed by atoms with Crippen LogP contribution in [0.1, 0.15) is 44.1 Å².